The predicted molar refractivity (Wildman–Crippen MR) is 93.0 cm³/mol. The molecule has 0 aliphatic rings. The third-order valence-electron chi connectivity index (χ3n) is 3.86. The highest BCUT2D eigenvalue weighted by Gasteiger charge is 2.20. The first-order chi connectivity index (χ1) is 12.5. The van der Waals surface area contributed by atoms with Gasteiger partial charge in [0.1, 0.15) is 17.8 Å². The van der Waals surface area contributed by atoms with Crippen molar-refractivity contribution in [2.45, 2.75) is 24.9 Å². The highest BCUT2D eigenvalue weighted by molar-refractivity contribution is 5.74. The molecule has 1 heterocycles. The lowest BCUT2D eigenvalue weighted by Gasteiger charge is -2.17. The molecular formula is C17H22N4O5. The number of benzene rings is 1. The van der Waals surface area contributed by atoms with Crippen LogP contribution in [0.4, 0.5) is 0 Å². The summed E-state index contributed by atoms with van der Waals surface area (Å²) < 4.78 is 0. The van der Waals surface area contributed by atoms with Crippen molar-refractivity contribution in [3.05, 3.63) is 48.0 Å². The number of nitrogens with one attached hydrogen (secondary N) is 3. The van der Waals surface area contributed by atoms with Crippen molar-refractivity contribution >= 4 is 11.9 Å². The van der Waals surface area contributed by atoms with Gasteiger partial charge in [0.2, 0.25) is 0 Å². The zero-order valence-corrected chi connectivity index (χ0v) is 14.1. The zero-order valence-electron chi connectivity index (χ0n) is 14.1. The maximum absolute atomic E-state index is 11.4. The summed E-state index contributed by atoms with van der Waals surface area (Å²) >= 11 is 0. The average molecular weight is 362 g/mol. The molecule has 9 nitrogen and oxygen atoms in total. The lowest BCUT2D eigenvalue weighted by molar-refractivity contribution is -0.140. The Morgan fingerprint density at radius 3 is 2.08 bits per heavy atom. The van der Waals surface area contributed by atoms with Gasteiger partial charge >= 0.3 is 11.9 Å². The molecule has 2 aromatic rings. The SMILES string of the molecule is O=C(O)[C@H](Cc1ccc(O)cc1)NCCN[C@@H](Cc1cnc[nH]1)C(=O)O. The molecule has 1 aromatic carbocycles. The van der Waals surface area contributed by atoms with Gasteiger partial charge in [0.05, 0.1) is 6.33 Å². The Labute approximate surface area is 150 Å². The van der Waals surface area contributed by atoms with Gasteiger partial charge in [-0.1, -0.05) is 12.1 Å². The summed E-state index contributed by atoms with van der Waals surface area (Å²) in [4.78, 5) is 29.4. The molecule has 0 fully saturated rings. The molecule has 0 saturated carbocycles. The molecule has 1 aromatic heterocycles. The van der Waals surface area contributed by atoms with Crippen molar-refractivity contribution in [3.63, 3.8) is 0 Å². The summed E-state index contributed by atoms with van der Waals surface area (Å²) in [5, 5.41) is 33.6. The summed E-state index contributed by atoms with van der Waals surface area (Å²) in [6, 6.07) is 4.73. The van der Waals surface area contributed by atoms with Crippen LogP contribution < -0.4 is 10.6 Å². The second-order valence-corrected chi connectivity index (χ2v) is 5.84. The molecular weight excluding hydrogens is 340 g/mol. The number of nitrogens with zero attached hydrogens (tertiary/aromatic N) is 1. The number of aliphatic carboxylic acids is 2. The highest BCUT2D eigenvalue weighted by atomic mass is 16.4. The van der Waals surface area contributed by atoms with Crippen LogP contribution in [-0.2, 0) is 22.4 Å². The van der Waals surface area contributed by atoms with E-state index >= 15 is 0 Å². The highest BCUT2D eigenvalue weighted by Crippen LogP contribution is 2.11. The summed E-state index contributed by atoms with van der Waals surface area (Å²) in [6.07, 6.45) is 3.56. The Morgan fingerprint density at radius 2 is 1.58 bits per heavy atom. The van der Waals surface area contributed by atoms with E-state index < -0.39 is 24.0 Å². The maximum Gasteiger partial charge on any atom is 0.321 e. The van der Waals surface area contributed by atoms with Crippen LogP contribution >= 0.6 is 0 Å². The van der Waals surface area contributed by atoms with Crippen molar-refractivity contribution in [2.24, 2.45) is 0 Å². The Bertz CT molecular complexity index is 702. The molecule has 26 heavy (non-hydrogen) atoms. The topological polar surface area (TPSA) is 148 Å². The van der Waals surface area contributed by atoms with Crippen LogP contribution in [0.25, 0.3) is 0 Å². The summed E-state index contributed by atoms with van der Waals surface area (Å²) in [5.41, 5.74) is 1.48. The van der Waals surface area contributed by atoms with E-state index in [-0.39, 0.29) is 18.6 Å². The van der Waals surface area contributed by atoms with Gasteiger partial charge in [0.15, 0.2) is 0 Å². The Kier molecular flexibility index (Phi) is 7.12. The Morgan fingerprint density at radius 1 is 1.00 bits per heavy atom. The summed E-state index contributed by atoms with van der Waals surface area (Å²) in [5.74, 6) is -1.86. The van der Waals surface area contributed by atoms with E-state index in [4.69, 9.17) is 0 Å². The average Bonchev–Trinajstić information content (AvgIpc) is 3.11. The van der Waals surface area contributed by atoms with Crippen molar-refractivity contribution in [1.82, 2.24) is 20.6 Å². The molecule has 2 rings (SSSR count). The quantitative estimate of drug-likeness (QED) is 0.306. The number of carbonyl (C=O) groups is 2. The number of hydrogen-bond donors (Lipinski definition) is 6. The van der Waals surface area contributed by atoms with Crippen LogP contribution in [0, 0.1) is 0 Å². The first-order valence-electron chi connectivity index (χ1n) is 8.13. The van der Waals surface area contributed by atoms with Crippen molar-refractivity contribution in [2.75, 3.05) is 13.1 Å². The van der Waals surface area contributed by atoms with E-state index in [0.717, 1.165) is 5.56 Å². The van der Waals surface area contributed by atoms with Crippen molar-refractivity contribution in [1.29, 1.82) is 0 Å². The van der Waals surface area contributed by atoms with Crippen LogP contribution in [-0.4, -0.2) is 62.4 Å². The minimum Gasteiger partial charge on any atom is -0.508 e. The van der Waals surface area contributed by atoms with E-state index in [2.05, 4.69) is 20.6 Å². The van der Waals surface area contributed by atoms with Crippen LogP contribution in [0.5, 0.6) is 5.75 Å². The molecule has 6 N–H and O–H groups in total. The fourth-order valence-electron chi connectivity index (χ4n) is 2.47. The van der Waals surface area contributed by atoms with E-state index in [1.807, 2.05) is 0 Å². The molecule has 0 unspecified atom stereocenters. The minimum atomic E-state index is -0.995. The third-order valence-corrected chi connectivity index (χ3v) is 3.86. The molecule has 0 aliphatic heterocycles. The molecule has 0 aliphatic carbocycles. The number of phenolic OH excluding ortho intramolecular Hbond substituents is 1. The lowest BCUT2D eigenvalue weighted by atomic mass is 10.1. The number of aromatic hydroxyl groups is 1. The van der Waals surface area contributed by atoms with Crippen LogP contribution in [0.3, 0.4) is 0 Å². The van der Waals surface area contributed by atoms with Crippen molar-refractivity contribution in [3.8, 4) is 5.75 Å². The number of imidazole rings is 1. The lowest BCUT2D eigenvalue weighted by Crippen LogP contribution is -2.45. The van der Waals surface area contributed by atoms with Gasteiger partial charge in [0.25, 0.3) is 0 Å². The van der Waals surface area contributed by atoms with Gasteiger partial charge in [-0.05, 0) is 24.1 Å². The maximum atomic E-state index is 11.4. The number of hydrogen-bond acceptors (Lipinski definition) is 6. The Balaban J connectivity index is 1.80. The minimum absolute atomic E-state index is 0.120. The van der Waals surface area contributed by atoms with Crippen LogP contribution in [0.2, 0.25) is 0 Å². The zero-order chi connectivity index (χ0) is 18.9. The normalized spacial score (nSPS) is 13.2. The van der Waals surface area contributed by atoms with Crippen molar-refractivity contribution < 1.29 is 24.9 Å². The standard InChI is InChI=1S/C17H22N4O5/c22-13-3-1-11(2-4-13)7-14(16(23)24)19-5-6-20-15(17(25)26)8-12-9-18-10-21-12/h1-4,9-10,14-15,19-20,22H,5-8H2,(H,18,21)(H,23,24)(H,25,26)/t14-,15-/m0/s1. The smallest absolute Gasteiger partial charge is 0.321 e. The number of aromatic nitrogens is 2. The fourth-order valence-corrected chi connectivity index (χ4v) is 2.47. The first-order valence-corrected chi connectivity index (χ1v) is 8.13. The molecule has 140 valence electrons. The second-order valence-electron chi connectivity index (χ2n) is 5.84. The van der Waals surface area contributed by atoms with Gasteiger partial charge in [-0.3, -0.25) is 9.59 Å². The predicted octanol–water partition coefficient (Wildman–Crippen LogP) is -0.0139. The van der Waals surface area contributed by atoms with Crippen LogP contribution in [0.1, 0.15) is 11.3 Å². The van der Waals surface area contributed by atoms with Gasteiger partial charge in [-0.15, -0.1) is 0 Å². The molecule has 0 amide bonds. The summed E-state index contributed by atoms with van der Waals surface area (Å²) in [7, 11) is 0. The number of aromatic amines is 1. The molecule has 0 radical (unpaired) electrons. The number of carboxylic acids is 2. The summed E-state index contributed by atoms with van der Waals surface area (Å²) in [6.45, 7) is 0.590. The number of carboxylic acid groups (broad SMARTS) is 2. The number of phenols is 1. The third kappa shape index (κ3) is 6.19. The molecule has 0 bridgehead atoms. The largest absolute Gasteiger partial charge is 0.508 e. The Hall–Kier alpha value is -2.91. The number of rotatable bonds is 11. The molecule has 0 spiro atoms. The first kappa shape index (κ1) is 19.4. The van der Waals surface area contributed by atoms with E-state index in [1.165, 1.54) is 18.5 Å². The monoisotopic (exact) mass is 362 g/mol. The molecule has 2 atom stereocenters. The number of H-pyrrole nitrogens is 1. The van der Waals surface area contributed by atoms with E-state index in [1.54, 1.807) is 18.3 Å². The van der Waals surface area contributed by atoms with E-state index in [0.29, 0.717) is 18.8 Å². The van der Waals surface area contributed by atoms with Gasteiger partial charge in [-0.2, -0.15) is 0 Å². The van der Waals surface area contributed by atoms with Gasteiger partial charge < -0.3 is 30.9 Å². The molecule has 9 heteroatoms. The second kappa shape index (κ2) is 9.54. The fraction of sp³-hybridized carbons (Fsp3) is 0.353. The van der Waals surface area contributed by atoms with Gasteiger partial charge in [-0.25, -0.2) is 4.98 Å². The van der Waals surface area contributed by atoms with Gasteiger partial charge in [0, 0.05) is 31.4 Å². The van der Waals surface area contributed by atoms with E-state index in [9.17, 15) is 24.9 Å². The van der Waals surface area contributed by atoms with Crippen LogP contribution in [0.15, 0.2) is 36.8 Å². The molecule has 0 saturated heterocycles.